The average Bonchev–Trinajstić information content (AvgIpc) is 2.58. The van der Waals surface area contributed by atoms with E-state index in [1.165, 1.54) is 62.2 Å². The second kappa shape index (κ2) is 7.16. The molecule has 1 aliphatic carbocycles. The molecule has 4 N–H and O–H groups in total. The van der Waals surface area contributed by atoms with E-state index in [9.17, 15) is 0 Å². The molecular formula is C23H45IN2. The molecule has 2 aliphatic heterocycles. The Morgan fingerprint density at radius 3 is 2.35 bits per heavy atom. The van der Waals surface area contributed by atoms with Crippen LogP contribution in [0.1, 0.15) is 99.3 Å². The zero-order chi connectivity index (χ0) is 19.4. The quantitative estimate of drug-likeness (QED) is 0.393. The van der Waals surface area contributed by atoms with E-state index in [-0.39, 0.29) is 5.54 Å². The van der Waals surface area contributed by atoms with Crippen LogP contribution in [0.15, 0.2) is 0 Å². The van der Waals surface area contributed by atoms with Crippen LogP contribution in [0.4, 0.5) is 0 Å². The Labute approximate surface area is 170 Å². The van der Waals surface area contributed by atoms with Crippen molar-refractivity contribution < 1.29 is 0 Å². The van der Waals surface area contributed by atoms with Gasteiger partial charge < -0.3 is 0 Å². The van der Waals surface area contributed by atoms with Gasteiger partial charge in [0.25, 0.3) is 0 Å². The Kier molecular flexibility index (Phi) is 5.88. The van der Waals surface area contributed by atoms with Gasteiger partial charge in [0.15, 0.2) is 0 Å². The van der Waals surface area contributed by atoms with E-state index in [0.29, 0.717) is 24.2 Å². The van der Waals surface area contributed by atoms with E-state index in [1.54, 1.807) is 0 Å². The summed E-state index contributed by atoms with van der Waals surface area (Å²) in [6, 6.07) is 0.326. The summed E-state index contributed by atoms with van der Waals surface area (Å²) < 4.78 is 2.66. The van der Waals surface area contributed by atoms with Gasteiger partial charge >= 0.3 is 171 Å². The fourth-order valence-corrected chi connectivity index (χ4v) is 19.0. The standard InChI is InChI=1S/C23H45IN2/c1-17(19(3)25)9-13-20(4)18(2)10-14-22(6)21(5)11-7-8-12-23(21,26)15-16-24(20)22/h17-19H,7-16,25-26H2,1-6H3/t17?,18-,19+,20-,21?,22-,23?/m1/s1. The molecule has 0 spiro atoms. The molecule has 1 saturated carbocycles. The van der Waals surface area contributed by atoms with Crippen molar-refractivity contribution in [3.8, 4) is 0 Å². The molecule has 154 valence electrons. The topological polar surface area (TPSA) is 52.0 Å². The average molecular weight is 477 g/mol. The Morgan fingerprint density at radius 2 is 1.69 bits per heavy atom. The Bertz CT molecular complexity index is 522. The third-order valence-corrected chi connectivity index (χ3v) is 20.4. The van der Waals surface area contributed by atoms with Gasteiger partial charge in [0.1, 0.15) is 0 Å². The summed E-state index contributed by atoms with van der Waals surface area (Å²) in [5.41, 5.74) is 13.9. The van der Waals surface area contributed by atoms with E-state index in [2.05, 4.69) is 41.5 Å². The summed E-state index contributed by atoms with van der Waals surface area (Å²) in [4.78, 5) is 0. The van der Waals surface area contributed by atoms with Crippen LogP contribution in [0.5, 0.6) is 0 Å². The number of rotatable bonds is 4. The van der Waals surface area contributed by atoms with Crippen LogP contribution in [-0.2, 0) is 0 Å². The number of halogens is 1. The fourth-order valence-electron chi connectivity index (χ4n) is 6.58. The van der Waals surface area contributed by atoms with E-state index in [4.69, 9.17) is 11.5 Å². The first-order valence-corrected chi connectivity index (χ1v) is 14.9. The van der Waals surface area contributed by atoms with E-state index < -0.39 is 19.8 Å². The molecule has 7 atom stereocenters. The van der Waals surface area contributed by atoms with Crippen molar-refractivity contribution in [3.05, 3.63) is 0 Å². The third kappa shape index (κ3) is 3.01. The molecule has 3 rings (SSSR count). The zero-order valence-corrected chi connectivity index (χ0v) is 20.5. The first-order chi connectivity index (χ1) is 12.0. The van der Waals surface area contributed by atoms with E-state index in [0.717, 1.165) is 5.92 Å². The molecular weight excluding hydrogens is 431 g/mol. The molecule has 0 bridgehead atoms. The number of hydrogen-bond donors (Lipinski definition) is 2. The molecule has 26 heavy (non-hydrogen) atoms. The van der Waals surface area contributed by atoms with Gasteiger partial charge in [-0.3, -0.25) is 0 Å². The van der Waals surface area contributed by atoms with Crippen LogP contribution in [0.2, 0.25) is 0 Å². The molecule has 3 fully saturated rings. The molecule has 3 unspecified atom stereocenters. The summed E-state index contributed by atoms with van der Waals surface area (Å²) in [6.45, 7) is 15.1. The minimum atomic E-state index is -1.18. The molecule has 0 aromatic rings. The molecule has 0 radical (unpaired) electrons. The second-order valence-corrected chi connectivity index (χ2v) is 18.8. The number of hydrogen-bond acceptors (Lipinski definition) is 2. The van der Waals surface area contributed by atoms with Crippen LogP contribution >= 0.6 is 19.8 Å². The molecule has 2 saturated heterocycles. The van der Waals surface area contributed by atoms with Crippen LogP contribution < -0.4 is 11.5 Å². The van der Waals surface area contributed by atoms with Gasteiger partial charge in [-0.25, -0.2) is 0 Å². The van der Waals surface area contributed by atoms with Crippen molar-refractivity contribution in [2.75, 3.05) is 4.43 Å². The second-order valence-electron chi connectivity index (χ2n) is 10.8. The molecule has 0 aromatic heterocycles. The number of alkyl halides is 3. The zero-order valence-electron chi connectivity index (χ0n) is 18.3. The number of nitrogens with two attached hydrogens (primary N) is 2. The van der Waals surface area contributed by atoms with Crippen molar-refractivity contribution in [3.63, 3.8) is 0 Å². The predicted molar refractivity (Wildman–Crippen MR) is 124 cm³/mol. The molecule has 0 aromatic carbocycles. The first-order valence-electron chi connectivity index (χ1n) is 11.2. The predicted octanol–water partition coefficient (Wildman–Crippen LogP) is 5.89. The fraction of sp³-hybridized carbons (Fsp3) is 1.00. The molecule has 0 amide bonds. The monoisotopic (exact) mass is 476 g/mol. The van der Waals surface area contributed by atoms with E-state index >= 15 is 0 Å². The summed E-state index contributed by atoms with van der Waals surface area (Å²) in [7, 11) is 0. The Hall–Kier alpha value is 0.650. The van der Waals surface area contributed by atoms with Crippen molar-refractivity contribution in [2.45, 2.75) is 118 Å². The van der Waals surface area contributed by atoms with Gasteiger partial charge in [-0.15, -0.1) is 0 Å². The first kappa shape index (κ1) is 21.4. The van der Waals surface area contributed by atoms with E-state index in [1.807, 2.05) is 0 Å². The van der Waals surface area contributed by atoms with Gasteiger partial charge in [-0.1, -0.05) is 0 Å². The van der Waals surface area contributed by atoms with Gasteiger partial charge in [0, 0.05) is 0 Å². The van der Waals surface area contributed by atoms with Crippen LogP contribution in [0, 0.1) is 17.3 Å². The van der Waals surface area contributed by atoms with Crippen LogP contribution in [0.3, 0.4) is 0 Å². The number of fused-ring (bicyclic) bond motifs is 3. The molecule has 3 aliphatic rings. The normalized spacial score (nSPS) is 49.8. The SMILES string of the molecule is CC(CC[C@]1(C)[C@H](C)CC[C@@]2(C)I1CCC1(N)CCCCC12C)[C@H](C)N. The third-order valence-electron chi connectivity index (χ3n) is 9.61. The summed E-state index contributed by atoms with van der Waals surface area (Å²) in [6.07, 6.45) is 12.3. The van der Waals surface area contributed by atoms with Gasteiger partial charge in [-0.05, 0) is 0 Å². The van der Waals surface area contributed by atoms with Gasteiger partial charge in [0.2, 0.25) is 0 Å². The Morgan fingerprint density at radius 1 is 1.04 bits per heavy atom. The van der Waals surface area contributed by atoms with Gasteiger partial charge in [-0.2, -0.15) is 0 Å². The van der Waals surface area contributed by atoms with Crippen molar-refractivity contribution >= 4 is 19.8 Å². The van der Waals surface area contributed by atoms with Crippen molar-refractivity contribution in [1.82, 2.24) is 0 Å². The molecule has 3 heteroatoms. The molecule has 2 heterocycles. The summed E-state index contributed by atoms with van der Waals surface area (Å²) >= 11 is -1.18. The van der Waals surface area contributed by atoms with Crippen molar-refractivity contribution in [1.29, 1.82) is 0 Å². The maximum atomic E-state index is 7.18. The molecule has 2 nitrogen and oxygen atoms in total. The van der Waals surface area contributed by atoms with Crippen LogP contribution in [0.25, 0.3) is 0 Å². The minimum absolute atomic E-state index is 0.120. The van der Waals surface area contributed by atoms with Crippen LogP contribution in [-0.4, -0.2) is 22.9 Å². The summed E-state index contributed by atoms with van der Waals surface area (Å²) in [5.74, 6) is 1.53. The summed E-state index contributed by atoms with van der Waals surface area (Å²) in [5, 5.41) is 0. The van der Waals surface area contributed by atoms with Gasteiger partial charge in [0.05, 0.1) is 0 Å². The Balaban J connectivity index is 1.92. The van der Waals surface area contributed by atoms with Crippen molar-refractivity contribution in [2.24, 2.45) is 28.7 Å². The maximum absolute atomic E-state index is 7.18.